The lowest BCUT2D eigenvalue weighted by molar-refractivity contribution is -0.123. The number of carbonyl (C=O) groups is 1. The molecule has 1 aromatic heterocycles. The largest absolute Gasteiger partial charge is 0.380 e. The van der Waals surface area contributed by atoms with Gasteiger partial charge in [-0.3, -0.25) is 9.48 Å². The zero-order valence-corrected chi connectivity index (χ0v) is 14.1. The van der Waals surface area contributed by atoms with E-state index in [1.54, 1.807) is 7.11 Å². The predicted octanol–water partition coefficient (Wildman–Crippen LogP) is 1.49. The van der Waals surface area contributed by atoms with E-state index < -0.39 is 0 Å². The quantitative estimate of drug-likeness (QED) is 0.843. The molecule has 2 heterocycles. The van der Waals surface area contributed by atoms with Crippen molar-refractivity contribution < 1.29 is 9.53 Å². The molecule has 6 heteroatoms. The Balaban J connectivity index is 1.56. The van der Waals surface area contributed by atoms with Crippen LogP contribution < -0.4 is 10.6 Å². The smallest absolute Gasteiger partial charge is 0.237 e. The summed E-state index contributed by atoms with van der Waals surface area (Å²) in [7, 11) is 1.68. The number of hydrogen-bond donors (Lipinski definition) is 2. The van der Waals surface area contributed by atoms with Crippen molar-refractivity contribution >= 4 is 5.91 Å². The van der Waals surface area contributed by atoms with Crippen LogP contribution in [0.25, 0.3) is 0 Å². The SMILES string of the molecule is CO[C@@H]1CN[C@@H](C(=O)NC(C)c2cnn(Cc3ccccc3)c2)C1. The molecule has 0 spiro atoms. The molecule has 3 atom stereocenters. The van der Waals surface area contributed by atoms with Crippen molar-refractivity contribution in [2.24, 2.45) is 0 Å². The van der Waals surface area contributed by atoms with Crippen molar-refractivity contribution in [2.45, 2.75) is 38.1 Å². The lowest BCUT2D eigenvalue weighted by Gasteiger charge is -2.16. The van der Waals surface area contributed by atoms with E-state index in [1.807, 2.05) is 42.2 Å². The first-order valence-electron chi connectivity index (χ1n) is 8.28. The van der Waals surface area contributed by atoms with Gasteiger partial charge in [0, 0.05) is 25.4 Å². The Labute approximate surface area is 142 Å². The van der Waals surface area contributed by atoms with E-state index in [-0.39, 0.29) is 24.1 Å². The second kappa shape index (κ2) is 7.59. The normalized spacial score (nSPS) is 21.6. The van der Waals surface area contributed by atoms with Crippen LogP contribution in [0.2, 0.25) is 0 Å². The minimum atomic E-state index is -0.184. The number of methoxy groups -OCH3 is 1. The maximum atomic E-state index is 12.3. The molecule has 0 aliphatic carbocycles. The predicted molar refractivity (Wildman–Crippen MR) is 91.5 cm³/mol. The lowest BCUT2D eigenvalue weighted by Crippen LogP contribution is -2.41. The highest BCUT2D eigenvalue weighted by molar-refractivity contribution is 5.82. The Morgan fingerprint density at radius 3 is 2.96 bits per heavy atom. The van der Waals surface area contributed by atoms with Gasteiger partial charge in [0.25, 0.3) is 0 Å². The van der Waals surface area contributed by atoms with E-state index in [1.165, 1.54) is 5.56 Å². The highest BCUT2D eigenvalue weighted by atomic mass is 16.5. The van der Waals surface area contributed by atoms with Crippen molar-refractivity contribution in [2.75, 3.05) is 13.7 Å². The zero-order valence-electron chi connectivity index (χ0n) is 14.1. The highest BCUT2D eigenvalue weighted by Crippen LogP contribution is 2.15. The Bertz CT molecular complexity index is 671. The summed E-state index contributed by atoms with van der Waals surface area (Å²) in [6.07, 6.45) is 4.62. The summed E-state index contributed by atoms with van der Waals surface area (Å²) in [6, 6.07) is 9.92. The molecule has 2 aromatic rings. The van der Waals surface area contributed by atoms with Gasteiger partial charge in [0.2, 0.25) is 5.91 Å². The molecule has 1 fully saturated rings. The van der Waals surface area contributed by atoms with Gasteiger partial charge < -0.3 is 15.4 Å². The number of amides is 1. The average molecular weight is 328 g/mol. The number of hydrogen-bond acceptors (Lipinski definition) is 4. The highest BCUT2D eigenvalue weighted by Gasteiger charge is 2.30. The van der Waals surface area contributed by atoms with Crippen LogP contribution in [0.15, 0.2) is 42.7 Å². The summed E-state index contributed by atoms with van der Waals surface area (Å²) in [5, 5.41) is 10.6. The molecule has 1 saturated heterocycles. The van der Waals surface area contributed by atoms with Crippen LogP contribution in [0, 0.1) is 0 Å². The third-order valence-electron chi connectivity index (χ3n) is 4.44. The first-order valence-corrected chi connectivity index (χ1v) is 8.28. The topological polar surface area (TPSA) is 68.2 Å². The maximum Gasteiger partial charge on any atom is 0.237 e. The third-order valence-corrected chi connectivity index (χ3v) is 4.44. The standard InChI is InChI=1S/C18H24N4O2/c1-13(21-18(23)17-8-16(24-2)10-19-17)15-9-20-22(12-15)11-14-6-4-3-5-7-14/h3-7,9,12-13,16-17,19H,8,10-11H2,1-2H3,(H,21,23)/t13?,16-,17+/m0/s1. The molecule has 6 nitrogen and oxygen atoms in total. The van der Waals surface area contributed by atoms with E-state index in [0.29, 0.717) is 6.42 Å². The first kappa shape index (κ1) is 16.7. The van der Waals surface area contributed by atoms with Crippen molar-refractivity contribution in [3.8, 4) is 0 Å². The molecule has 0 radical (unpaired) electrons. The minimum Gasteiger partial charge on any atom is -0.380 e. The first-order chi connectivity index (χ1) is 11.7. The summed E-state index contributed by atoms with van der Waals surface area (Å²) >= 11 is 0. The fourth-order valence-corrected chi connectivity index (χ4v) is 2.94. The average Bonchev–Trinajstić information content (AvgIpc) is 3.25. The third kappa shape index (κ3) is 4.01. The second-order valence-electron chi connectivity index (χ2n) is 6.24. The molecule has 128 valence electrons. The van der Waals surface area contributed by atoms with Gasteiger partial charge in [0.15, 0.2) is 0 Å². The van der Waals surface area contributed by atoms with Gasteiger partial charge in [0.05, 0.1) is 30.9 Å². The molecular weight excluding hydrogens is 304 g/mol. The van der Waals surface area contributed by atoms with Crippen LogP contribution in [0.5, 0.6) is 0 Å². The maximum absolute atomic E-state index is 12.3. The number of benzene rings is 1. The van der Waals surface area contributed by atoms with Crippen molar-refractivity contribution in [3.63, 3.8) is 0 Å². The van der Waals surface area contributed by atoms with Crippen molar-refractivity contribution in [1.82, 2.24) is 20.4 Å². The Morgan fingerprint density at radius 1 is 1.46 bits per heavy atom. The van der Waals surface area contributed by atoms with Crippen LogP contribution in [-0.4, -0.2) is 41.5 Å². The fourth-order valence-electron chi connectivity index (χ4n) is 2.94. The number of aromatic nitrogens is 2. The van der Waals surface area contributed by atoms with Gasteiger partial charge in [-0.05, 0) is 18.9 Å². The monoisotopic (exact) mass is 328 g/mol. The number of rotatable bonds is 6. The van der Waals surface area contributed by atoms with E-state index in [0.717, 1.165) is 18.7 Å². The van der Waals surface area contributed by atoms with E-state index in [4.69, 9.17) is 4.74 Å². The molecule has 1 aliphatic heterocycles. The summed E-state index contributed by atoms with van der Waals surface area (Å²) in [6.45, 7) is 3.42. The van der Waals surface area contributed by atoms with Gasteiger partial charge in [0.1, 0.15) is 0 Å². The molecule has 1 aliphatic rings. The molecule has 0 bridgehead atoms. The Hall–Kier alpha value is -2.18. The molecule has 24 heavy (non-hydrogen) atoms. The summed E-state index contributed by atoms with van der Waals surface area (Å²) < 4.78 is 7.18. The van der Waals surface area contributed by atoms with Crippen LogP contribution in [0.1, 0.15) is 30.5 Å². The summed E-state index contributed by atoms with van der Waals surface area (Å²) in [5.74, 6) is 0.0119. The molecule has 1 aromatic carbocycles. The van der Waals surface area contributed by atoms with Gasteiger partial charge in [-0.1, -0.05) is 30.3 Å². The molecule has 3 rings (SSSR count). The van der Waals surface area contributed by atoms with Gasteiger partial charge in [-0.25, -0.2) is 0 Å². The number of ether oxygens (including phenoxy) is 1. The fraction of sp³-hybridized carbons (Fsp3) is 0.444. The van der Waals surface area contributed by atoms with E-state index >= 15 is 0 Å². The van der Waals surface area contributed by atoms with Gasteiger partial charge >= 0.3 is 0 Å². The van der Waals surface area contributed by atoms with Crippen LogP contribution in [0.3, 0.4) is 0 Å². The van der Waals surface area contributed by atoms with Crippen LogP contribution in [0.4, 0.5) is 0 Å². The molecule has 1 amide bonds. The number of nitrogens with zero attached hydrogens (tertiary/aromatic N) is 2. The molecule has 0 saturated carbocycles. The van der Waals surface area contributed by atoms with Crippen LogP contribution >= 0.6 is 0 Å². The lowest BCUT2D eigenvalue weighted by atomic mass is 10.1. The Morgan fingerprint density at radius 2 is 2.25 bits per heavy atom. The van der Waals surface area contributed by atoms with Crippen molar-refractivity contribution in [3.05, 3.63) is 53.9 Å². The number of nitrogens with one attached hydrogen (secondary N) is 2. The van der Waals surface area contributed by atoms with Gasteiger partial charge in [-0.2, -0.15) is 5.10 Å². The van der Waals surface area contributed by atoms with Crippen molar-refractivity contribution in [1.29, 1.82) is 0 Å². The second-order valence-corrected chi connectivity index (χ2v) is 6.24. The van der Waals surface area contributed by atoms with E-state index in [2.05, 4.69) is 27.9 Å². The molecular formula is C18H24N4O2. The summed E-state index contributed by atoms with van der Waals surface area (Å²) in [5.41, 5.74) is 2.20. The zero-order chi connectivity index (χ0) is 16.9. The summed E-state index contributed by atoms with van der Waals surface area (Å²) in [4.78, 5) is 12.3. The number of carbonyl (C=O) groups excluding carboxylic acids is 1. The van der Waals surface area contributed by atoms with Crippen LogP contribution in [-0.2, 0) is 16.1 Å². The van der Waals surface area contributed by atoms with E-state index in [9.17, 15) is 4.79 Å². The Kier molecular flexibility index (Phi) is 5.27. The molecule has 1 unspecified atom stereocenters. The minimum absolute atomic E-state index is 0.0119. The van der Waals surface area contributed by atoms with Gasteiger partial charge in [-0.15, -0.1) is 0 Å². The molecule has 2 N–H and O–H groups in total.